The van der Waals surface area contributed by atoms with Gasteiger partial charge in [0.1, 0.15) is 5.75 Å². The number of hydrogen-bond donors (Lipinski definition) is 1. The highest BCUT2D eigenvalue weighted by atomic mass is 32.2. The monoisotopic (exact) mass is 332 g/mol. The molecule has 0 amide bonds. The van der Waals surface area contributed by atoms with Crippen LogP contribution >= 0.6 is 0 Å². The minimum atomic E-state index is -3.69. The third kappa shape index (κ3) is 4.56. The molecule has 23 heavy (non-hydrogen) atoms. The standard InChI is InChI=1S/C17H20N2O3S/c1-4-22-16-7-9-17(10-8-16)23(20,21)19-18-12-15-11-13(2)5-6-14(15)3/h5-12,19H,4H2,1-3H3/b18-12-. The molecule has 0 radical (unpaired) electrons. The largest absolute Gasteiger partial charge is 0.494 e. The third-order valence-electron chi connectivity index (χ3n) is 3.26. The van der Waals surface area contributed by atoms with E-state index < -0.39 is 10.0 Å². The van der Waals surface area contributed by atoms with Gasteiger partial charge >= 0.3 is 0 Å². The first-order valence-corrected chi connectivity index (χ1v) is 8.75. The van der Waals surface area contributed by atoms with Crippen LogP contribution in [0.5, 0.6) is 5.75 Å². The summed E-state index contributed by atoms with van der Waals surface area (Å²) in [7, 11) is -3.69. The van der Waals surface area contributed by atoms with Crippen LogP contribution in [0.3, 0.4) is 0 Å². The van der Waals surface area contributed by atoms with E-state index in [0.717, 1.165) is 16.7 Å². The molecule has 2 aromatic rings. The number of ether oxygens (including phenoxy) is 1. The fourth-order valence-electron chi connectivity index (χ4n) is 2.00. The van der Waals surface area contributed by atoms with E-state index in [0.29, 0.717) is 12.4 Å². The molecule has 0 saturated heterocycles. The van der Waals surface area contributed by atoms with Gasteiger partial charge in [-0.05, 0) is 56.2 Å². The van der Waals surface area contributed by atoms with Gasteiger partial charge in [0, 0.05) is 0 Å². The van der Waals surface area contributed by atoms with Crippen molar-refractivity contribution < 1.29 is 13.2 Å². The summed E-state index contributed by atoms with van der Waals surface area (Å²) in [4.78, 5) is 2.36. The first kappa shape index (κ1) is 17.0. The maximum Gasteiger partial charge on any atom is 0.276 e. The SMILES string of the molecule is CCOc1ccc(S(=O)(=O)N/N=C\c2cc(C)ccc2C)cc1. The Morgan fingerprint density at radius 1 is 1.13 bits per heavy atom. The lowest BCUT2D eigenvalue weighted by molar-refractivity contribution is 0.340. The zero-order valence-electron chi connectivity index (χ0n) is 13.4. The molecule has 0 aliphatic heterocycles. The summed E-state index contributed by atoms with van der Waals surface area (Å²) in [6, 6.07) is 12.1. The fourth-order valence-corrected chi connectivity index (χ4v) is 2.79. The highest BCUT2D eigenvalue weighted by Gasteiger charge is 2.12. The van der Waals surface area contributed by atoms with Gasteiger partial charge in [-0.1, -0.05) is 23.8 Å². The van der Waals surface area contributed by atoms with Gasteiger partial charge in [0.25, 0.3) is 10.0 Å². The van der Waals surface area contributed by atoms with Crippen LogP contribution in [0.2, 0.25) is 0 Å². The molecule has 0 saturated carbocycles. The van der Waals surface area contributed by atoms with Crippen molar-refractivity contribution in [3.8, 4) is 5.75 Å². The minimum Gasteiger partial charge on any atom is -0.494 e. The third-order valence-corrected chi connectivity index (χ3v) is 4.49. The molecule has 0 spiro atoms. The topological polar surface area (TPSA) is 67.8 Å². The second kappa shape index (κ2) is 7.28. The Bertz CT molecular complexity index is 797. The van der Waals surface area contributed by atoms with Crippen LogP contribution < -0.4 is 9.57 Å². The Kier molecular flexibility index (Phi) is 5.39. The Hall–Kier alpha value is -2.34. The van der Waals surface area contributed by atoms with Crippen molar-refractivity contribution in [1.29, 1.82) is 0 Å². The summed E-state index contributed by atoms with van der Waals surface area (Å²) in [5.41, 5.74) is 2.99. The predicted octanol–water partition coefficient (Wildman–Crippen LogP) is 3.01. The smallest absolute Gasteiger partial charge is 0.276 e. The lowest BCUT2D eigenvalue weighted by atomic mass is 10.1. The molecule has 1 N–H and O–H groups in total. The second-order valence-electron chi connectivity index (χ2n) is 5.12. The second-order valence-corrected chi connectivity index (χ2v) is 6.78. The molecule has 0 aliphatic carbocycles. The molecule has 0 unspecified atom stereocenters. The first-order valence-electron chi connectivity index (χ1n) is 7.27. The molecule has 0 atom stereocenters. The molecule has 0 aliphatic rings. The first-order chi connectivity index (χ1) is 10.9. The highest BCUT2D eigenvalue weighted by molar-refractivity contribution is 7.89. The average molecular weight is 332 g/mol. The molecular weight excluding hydrogens is 312 g/mol. The molecule has 0 heterocycles. The Labute approximate surface area is 137 Å². The van der Waals surface area contributed by atoms with Crippen LogP contribution in [-0.4, -0.2) is 21.2 Å². The number of sulfonamides is 1. The molecule has 5 nitrogen and oxygen atoms in total. The summed E-state index contributed by atoms with van der Waals surface area (Å²) < 4.78 is 29.6. The van der Waals surface area contributed by atoms with Gasteiger partial charge in [-0.3, -0.25) is 0 Å². The molecule has 0 aromatic heterocycles. The number of benzene rings is 2. The average Bonchev–Trinajstić information content (AvgIpc) is 2.51. The summed E-state index contributed by atoms with van der Waals surface area (Å²) >= 11 is 0. The van der Waals surface area contributed by atoms with E-state index in [9.17, 15) is 8.42 Å². The Morgan fingerprint density at radius 3 is 2.48 bits per heavy atom. The lowest BCUT2D eigenvalue weighted by Gasteiger charge is -2.06. The Morgan fingerprint density at radius 2 is 1.83 bits per heavy atom. The van der Waals surface area contributed by atoms with Crippen molar-refractivity contribution in [2.45, 2.75) is 25.7 Å². The molecule has 2 rings (SSSR count). The number of hydrogen-bond acceptors (Lipinski definition) is 4. The maximum atomic E-state index is 12.2. The number of hydrazone groups is 1. The number of nitrogens with one attached hydrogen (secondary N) is 1. The van der Waals surface area contributed by atoms with Gasteiger partial charge in [-0.25, -0.2) is 4.83 Å². The molecule has 0 fully saturated rings. The van der Waals surface area contributed by atoms with Gasteiger partial charge < -0.3 is 4.74 Å². The summed E-state index contributed by atoms with van der Waals surface area (Å²) in [5.74, 6) is 0.630. The van der Waals surface area contributed by atoms with Crippen molar-refractivity contribution in [3.63, 3.8) is 0 Å². The molecular formula is C17H20N2O3S. The van der Waals surface area contributed by atoms with Crippen molar-refractivity contribution >= 4 is 16.2 Å². The van der Waals surface area contributed by atoms with E-state index >= 15 is 0 Å². The van der Waals surface area contributed by atoms with Crippen LogP contribution in [0.1, 0.15) is 23.6 Å². The molecule has 6 heteroatoms. The van der Waals surface area contributed by atoms with E-state index in [1.165, 1.54) is 18.3 Å². The van der Waals surface area contributed by atoms with Crippen LogP contribution in [-0.2, 0) is 10.0 Å². The molecule has 2 aromatic carbocycles. The summed E-state index contributed by atoms with van der Waals surface area (Å²) in [5, 5.41) is 3.86. The lowest BCUT2D eigenvalue weighted by Crippen LogP contribution is -2.18. The van der Waals surface area contributed by atoms with E-state index in [4.69, 9.17) is 4.74 Å². The Balaban J connectivity index is 2.11. The van der Waals surface area contributed by atoms with E-state index in [1.54, 1.807) is 12.1 Å². The number of aryl methyl sites for hydroxylation is 2. The normalized spacial score (nSPS) is 11.6. The maximum absolute atomic E-state index is 12.2. The zero-order valence-corrected chi connectivity index (χ0v) is 14.2. The van der Waals surface area contributed by atoms with Gasteiger partial charge in [0.05, 0.1) is 17.7 Å². The van der Waals surface area contributed by atoms with Crippen molar-refractivity contribution in [1.82, 2.24) is 4.83 Å². The van der Waals surface area contributed by atoms with Gasteiger partial charge in [-0.2, -0.15) is 13.5 Å². The van der Waals surface area contributed by atoms with Crippen molar-refractivity contribution in [2.24, 2.45) is 5.10 Å². The quantitative estimate of drug-likeness (QED) is 0.653. The van der Waals surface area contributed by atoms with Crippen LogP contribution in [0.25, 0.3) is 0 Å². The van der Waals surface area contributed by atoms with Gasteiger partial charge in [-0.15, -0.1) is 0 Å². The number of rotatable bonds is 6. The summed E-state index contributed by atoms with van der Waals surface area (Å²) in [6.07, 6.45) is 1.51. The van der Waals surface area contributed by atoms with Crippen LogP contribution in [0.15, 0.2) is 52.5 Å². The summed E-state index contributed by atoms with van der Waals surface area (Å²) in [6.45, 7) is 6.32. The van der Waals surface area contributed by atoms with Crippen LogP contribution in [0, 0.1) is 13.8 Å². The predicted molar refractivity (Wildman–Crippen MR) is 91.4 cm³/mol. The van der Waals surface area contributed by atoms with E-state index in [-0.39, 0.29) is 4.90 Å². The zero-order chi connectivity index (χ0) is 16.9. The minimum absolute atomic E-state index is 0.138. The fraction of sp³-hybridized carbons (Fsp3) is 0.235. The molecule has 122 valence electrons. The highest BCUT2D eigenvalue weighted by Crippen LogP contribution is 2.16. The van der Waals surface area contributed by atoms with Crippen molar-refractivity contribution in [2.75, 3.05) is 6.61 Å². The van der Waals surface area contributed by atoms with E-state index in [1.807, 2.05) is 39.0 Å². The van der Waals surface area contributed by atoms with Crippen molar-refractivity contribution in [3.05, 3.63) is 59.2 Å². The van der Waals surface area contributed by atoms with E-state index in [2.05, 4.69) is 9.93 Å². The van der Waals surface area contributed by atoms with Crippen LogP contribution in [0.4, 0.5) is 0 Å². The van der Waals surface area contributed by atoms with Gasteiger partial charge in [0.15, 0.2) is 0 Å². The number of nitrogens with zero attached hydrogens (tertiary/aromatic N) is 1. The van der Waals surface area contributed by atoms with Gasteiger partial charge in [0.2, 0.25) is 0 Å². The molecule has 0 bridgehead atoms.